The molecule has 57 heavy (non-hydrogen) atoms. The van der Waals surface area contributed by atoms with Gasteiger partial charge < -0.3 is 0 Å². The lowest BCUT2D eigenvalue weighted by atomic mass is 9.67. The largest absolute Gasteiger partial charge is 0.208 e. The quantitative estimate of drug-likeness (QED) is 0.164. The van der Waals surface area contributed by atoms with Gasteiger partial charge in [-0.15, -0.1) is 0 Å². The molecular weight excluding hydrogens is 693 g/mol. The first-order chi connectivity index (χ1) is 28.2. The van der Waals surface area contributed by atoms with Crippen LogP contribution in [-0.4, -0.2) is 15.0 Å². The molecule has 0 unspecified atom stereocenters. The van der Waals surface area contributed by atoms with Gasteiger partial charge in [0.25, 0.3) is 0 Å². The summed E-state index contributed by atoms with van der Waals surface area (Å²) in [6.07, 6.45) is 0. The molecule has 1 aliphatic rings. The van der Waals surface area contributed by atoms with Gasteiger partial charge in [-0.1, -0.05) is 176 Å². The van der Waals surface area contributed by atoms with Crippen LogP contribution in [0.2, 0.25) is 0 Å². The first kappa shape index (κ1) is 33.8. The highest BCUT2D eigenvalue weighted by molar-refractivity contribution is 5.89. The molecule has 0 atom stereocenters. The average Bonchev–Trinajstić information content (AvgIpc) is 3.59. The molecule has 0 saturated carbocycles. The average molecular weight is 727 g/mol. The number of rotatable bonds is 7. The van der Waals surface area contributed by atoms with E-state index in [9.17, 15) is 5.26 Å². The molecule has 4 heteroatoms. The molecule has 8 aromatic carbocycles. The zero-order valence-corrected chi connectivity index (χ0v) is 30.9. The van der Waals surface area contributed by atoms with Crippen LogP contribution in [0, 0.1) is 11.3 Å². The van der Waals surface area contributed by atoms with Crippen LogP contribution < -0.4 is 0 Å². The van der Waals surface area contributed by atoms with Gasteiger partial charge in [0.15, 0.2) is 17.5 Å². The molecule has 0 aliphatic heterocycles. The molecule has 4 nitrogen and oxygen atoms in total. The minimum absolute atomic E-state index is 0.565. The van der Waals surface area contributed by atoms with Crippen molar-refractivity contribution in [3.05, 3.63) is 234 Å². The van der Waals surface area contributed by atoms with Gasteiger partial charge in [-0.3, -0.25) is 0 Å². The van der Waals surface area contributed by atoms with Crippen molar-refractivity contribution in [2.75, 3.05) is 0 Å². The third-order valence-electron chi connectivity index (χ3n) is 11.0. The summed E-state index contributed by atoms with van der Waals surface area (Å²) in [5.74, 6) is 1.89. The van der Waals surface area contributed by atoms with Crippen molar-refractivity contribution in [1.29, 1.82) is 5.26 Å². The molecule has 1 aliphatic carbocycles. The number of aromatic nitrogens is 3. The Balaban J connectivity index is 1.09. The maximum Gasteiger partial charge on any atom is 0.164 e. The highest BCUT2D eigenvalue weighted by atomic mass is 15.0. The topological polar surface area (TPSA) is 62.5 Å². The van der Waals surface area contributed by atoms with E-state index in [1.165, 1.54) is 22.3 Å². The lowest BCUT2D eigenvalue weighted by molar-refractivity contribution is 0.768. The summed E-state index contributed by atoms with van der Waals surface area (Å²) < 4.78 is 0. The molecule has 0 spiro atoms. The highest BCUT2D eigenvalue weighted by Crippen LogP contribution is 2.57. The van der Waals surface area contributed by atoms with Crippen molar-refractivity contribution in [2.45, 2.75) is 5.41 Å². The van der Waals surface area contributed by atoms with Crippen LogP contribution in [0.25, 0.3) is 67.5 Å². The summed E-state index contributed by atoms with van der Waals surface area (Å²) in [7, 11) is 0. The summed E-state index contributed by atoms with van der Waals surface area (Å²) in [5, 5.41) is 9.93. The smallest absolute Gasteiger partial charge is 0.164 e. The maximum atomic E-state index is 9.93. The second-order valence-electron chi connectivity index (χ2n) is 14.3. The predicted molar refractivity (Wildman–Crippen MR) is 229 cm³/mol. The monoisotopic (exact) mass is 726 g/mol. The Morgan fingerprint density at radius 3 is 1.30 bits per heavy atom. The fourth-order valence-electron chi connectivity index (χ4n) is 8.40. The predicted octanol–water partition coefficient (Wildman–Crippen LogP) is 12.4. The Kier molecular flexibility index (Phi) is 8.39. The fourth-order valence-corrected chi connectivity index (χ4v) is 8.40. The minimum Gasteiger partial charge on any atom is -0.208 e. The maximum absolute atomic E-state index is 9.93. The van der Waals surface area contributed by atoms with E-state index in [-0.39, 0.29) is 0 Å². The molecule has 9 aromatic rings. The van der Waals surface area contributed by atoms with Gasteiger partial charge in [-0.2, -0.15) is 5.26 Å². The number of hydrogen-bond acceptors (Lipinski definition) is 4. The minimum atomic E-state index is -0.565. The standard InChI is InChI=1S/C53H34N4/c54-35-36-27-30-48-47(31-36)46-29-28-42(34-49(46)53(48,44-23-9-3-10-24-44)45-25-11-4-12-26-45)40-20-13-19-39(32-40)41-21-14-22-43(33-41)52-56-50(37-15-5-1-6-16-37)55-51(57-52)38-17-7-2-8-18-38/h1-34H. The van der Waals surface area contributed by atoms with E-state index in [0.29, 0.717) is 23.0 Å². The van der Waals surface area contributed by atoms with Gasteiger partial charge in [0.05, 0.1) is 17.0 Å². The van der Waals surface area contributed by atoms with Crippen molar-refractivity contribution in [2.24, 2.45) is 0 Å². The third-order valence-corrected chi connectivity index (χ3v) is 11.0. The molecular formula is C53H34N4. The van der Waals surface area contributed by atoms with Gasteiger partial charge in [0, 0.05) is 16.7 Å². The van der Waals surface area contributed by atoms with Crippen LogP contribution >= 0.6 is 0 Å². The van der Waals surface area contributed by atoms with Crippen LogP contribution in [0.15, 0.2) is 206 Å². The van der Waals surface area contributed by atoms with Crippen LogP contribution in [0.1, 0.15) is 27.8 Å². The zero-order chi connectivity index (χ0) is 38.2. The summed E-state index contributed by atoms with van der Waals surface area (Å²) >= 11 is 0. The number of hydrogen-bond donors (Lipinski definition) is 0. The molecule has 0 amide bonds. The van der Waals surface area contributed by atoms with Crippen LogP contribution in [-0.2, 0) is 5.41 Å². The highest BCUT2D eigenvalue weighted by Gasteiger charge is 2.46. The molecule has 1 aromatic heterocycles. The Bertz CT molecular complexity index is 2860. The van der Waals surface area contributed by atoms with E-state index < -0.39 is 5.41 Å². The zero-order valence-electron chi connectivity index (χ0n) is 30.9. The first-order valence-corrected chi connectivity index (χ1v) is 19.1. The lowest BCUT2D eigenvalue weighted by Gasteiger charge is -2.34. The van der Waals surface area contributed by atoms with Gasteiger partial charge in [-0.05, 0) is 86.0 Å². The lowest BCUT2D eigenvalue weighted by Crippen LogP contribution is -2.28. The Morgan fingerprint density at radius 2 is 0.772 bits per heavy atom. The molecule has 1 heterocycles. The molecule has 0 fully saturated rings. The summed E-state index contributed by atoms with van der Waals surface area (Å²) in [4.78, 5) is 14.9. The van der Waals surface area contributed by atoms with Crippen molar-refractivity contribution in [1.82, 2.24) is 15.0 Å². The van der Waals surface area contributed by atoms with Crippen LogP contribution in [0.3, 0.4) is 0 Å². The number of fused-ring (bicyclic) bond motifs is 3. The van der Waals surface area contributed by atoms with Gasteiger partial charge >= 0.3 is 0 Å². The fraction of sp³-hybridized carbons (Fsp3) is 0.0189. The second kappa shape index (κ2) is 14.2. The summed E-state index contributed by atoms with van der Waals surface area (Å²) in [5.41, 5.74) is 14.3. The third kappa shape index (κ3) is 5.90. The van der Waals surface area contributed by atoms with Gasteiger partial charge in [-0.25, -0.2) is 15.0 Å². The Morgan fingerprint density at radius 1 is 0.333 bits per heavy atom. The Hall–Kier alpha value is -7.74. The summed E-state index contributed by atoms with van der Waals surface area (Å²) in [6.45, 7) is 0. The summed E-state index contributed by atoms with van der Waals surface area (Å²) in [6, 6.07) is 74.1. The van der Waals surface area contributed by atoms with E-state index >= 15 is 0 Å². The molecule has 0 saturated heterocycles. The van der Waals surface area contributed by atoms with Gasteiger partial charge in [0.2, 0.25) is 0 Å². The van der Waals surface area contributed by atoms with Crippen LogP contribution in [0.4, 0.5) is 0 Å². The van der Waals surface area contributed by atoms with Crippen LogP contribution in [0.5, 0.6) is 0 Å². The van der Waals surface area contributed by atoms with Crippen molar-refractivity contribution in [3.63, 3.8) is 0 Å². The number of nitriles is 1. The van der Waals surface area contributed by atoms with Crippen molar-refractivity contribution in [3.8, 4) is 73.6 Å². The van der Waals surface area contributed by atoms with Gasteiger partial charge in [0.1, 0.15) is 0 Å². The second-order valence-corrected chi connectivity index (χ2v) is 14.3. The normalized spacial score (nSPS) is 12.3. The number of benzene rings is 8. The molecule has 0 N–H and O–H groups in total. The first-order valence-electron chi connectivity index (χ1n) is 19.1. The molecule has 10 rings (SSSR count). The van der Waals surface area contributed by atoms with Crippen molar-refractivity contribution < 1.29 is 0 Å². The SMILES string of the molecule is N#Cc1ccc2c(c1)-c1ccc(-c3cccc(-c4cccc(-c5nc(-c6ccccc6)nc(-c6ccccc6)n5)c4)c3)cc1C2(c1ccccc1)c1ccccc1. The molecule has 266 valence electrons. The van der Waals surface area contributed by atoms with E-state index in [0.717, 1.165) is 50.1 Å². The number of nitrogens with zero attached hydrogens (tertiary/aromatic N) is 4. The molecule has 0 radical (unpaired) electrons. The molecule has 0 bridgehead atoms. The van der Waals surface area contributed by atoms with E-state index in [4.69, 9.17) is 15.0 Å². The van der Waals surface area contributed by atoms with Crippen molar-refractivity contribution >= 4 is 0 Å². The van der Waals surface area contributed by atoms with E-state index in [1.54, 1.807) is 0 Å². The Labute approximate surface area is 332 Å². The van der Waals surface area contributed by atoms with E-state index in [2.05, 4.69) is 140 Å². The van der Waals surface area contributed by atoms with E-state index in [1.807, 2.05) is 72.8 Å².